The zero-order chi connectivity index (χ0) is 18.6. The smallest absolute Gasteiger partial charge is 0.243 e. The second-order valence-electron chi connectivity index (χ2n) is 6.92. The lowest BCUT2D eigenvalue weighted by atomic mass is 10.2. The Morgan fingerprint density at radius 3 is 2.40 bits per heavy atom. The van der Waals surface area contributed by atoms with Crippen LogP contribution in [0.4, 0.5) is 0 Å². The minimum absolute atomic E-state index is 0.0761. The number of hydrogen-bond acceptors (Lipinski definition) is 3. The Labute approximate surface area is 151 Å². The summed E-state index contributed by atoms with van der Waals surface area (Å²) in [6.45, 7) is 9.29. The highest BCUT2D eigenvalue weighted by atomic mass is 32.2. The van der Waals surface area contributed by atoms with Crippen LogP contribution in [0, 0.1) is 5.92 Å². The summed E-state index contributed by atoms with van der Waals surface area (Å²) < 4.78 is 26.3. The third kappa shape index (κ3) is 5.19. The fraction of sp³-hybridized carbons (Fsp3) is 0.611. The Bertz CT molecular complexity index is 698. The van der Waals surface area contributed by atoms with Crippen LogP contribution in [0.2, 0.25) is 0 Å². The third-order valence-electron chi connectivity index (χ3n) is 4.52. The van der Waals surface area contributed by atoms with Crippen LogP contribution in [0.1, 0.15) is 39.7 Å². The molecule has 0 aromatic heterocycles. The van der Waals surface area contributed by atoms with Gasteiger partial charge in [-0.3, -0.25) is 0 Å². The van der Waals surface area contributed by atoms with Crippen molar-refractivity contribution >= 4 is 16.0 Å². The number of aliphatic imine (C=N–C) groups is 1. The zero-order valence-corrected chi connectivity index (χ0v) is 16.6. The minimum Gasteiger partial charge on any atom is -0.357 e. The van der Waals surface area contributed by atoms with Crippen molar-refractivity contribution in [1.82, 2.24) is 14.9 Å². The van der Waals surface area contributed by atoms with E-state index < -0.39 is 10.0 Å². The van der Waals surface area contributed by atoms with Gasteiger partial charge in [-0.15, -0.1) is 0 Å². The van der Waals surface area contributed by atoms with Crippen LogP contribution in [0.15, 0.2) is 34.2 Å². The van der Waals surface area contributed by atoms with Crippen molar-refractivity contribution in [2.45, 2.75) is 57.6 Å². The molecule has 140 valence electrons. The number of hydrogen-bond donors (Lipinski definition) is 2. The van der Waals surface area contributed by atoms with Gasteiger partial charge in [0.15, 0.2) is 5.96 Å². The average Bonchev–Trinajstić information content (AvgIpc) is 3.27. The molecule has 0 heterocycles. The van der Waals surface area contributed by atoms with Crippen LogP contribution in [-0.4, -0.2) is 44.4 Å². The maximum absolute atomic E-state index is 12.5. The molecule has 1 fully saturated rings. The summed E-state index contributed by atoms with van der Waals surface area (Å²) in [5, 5.41) is 6.66. The molecule has 25 heavy (non-hydrogen) atoms. The molecule has 1 aliphatic rings. The normalized spacial score (nSPS) is 20.8. The van der Waals surface area contributed by atoms with E-state index in [-0.39, 0.29) is 6.04 Å². The van der Waals surface area contributed by atoms with Crippen LogP contribution in [0.25, 0.3) is 0 Å². The highest BCUT2D eigenvalue weighted by Crippen LogP contribution is 2.28. The molecule has 1 aliphatic carbocycles. The van der Waals surface area contributed by atoms with Crippen LogP contribution in [-0.2, 0) is 16.6 Å². The van der Waals surface area contributed by atoms with Gasteiger partial charge < -0.3 is 10.6 Å². The predicted molar refractivity (Wildman–Crippen MR) is 102 cm³/mol. The number of nitrogens with one attached hydrogen (secondary N) is 2. The molecule has 7 heteroatoms. The van der Waals surface area contributed by atoms with E-state index in [9.17, 15) is 8.42 Å². The number of sulfonamides is 1. The van der Waals surface area contributed by atoms with Crippen molar-refractivity contribution in [1.29, 1.82) is 0 Å². The fourth-order valence-corrected chi connectivity index (χ4v) is 3.77. The fourth-order valence-electron chi connectivity index (χ4n) is 2.40. The minimum atomic E-state index is -3.44. The van der Waals surface area contributed by atoms with Gasteiger partial charge >= 0.3 is 0 Å². The first kappa shape index (κ1) is 19.7. The van der Waals surface area contributed by atoms with Gasteiger partial charge in [-0.1, -0.05) is 19.1 Å². The van der Waals surface area contributed by atoms with Crippen molar-refractivity contribution in [2.75, 3.05) is 13.6 Å². The van der Waals surface area contributed by atoms with E-state index in [1.165, 1.54) is 10.7 Å². The Morgan fingerprint density at radius 1 is 1.32 bits per heavy atom. The topological polar surface area (TPSA) is 73.8 Å². The molecule has 2 rings (SSSR count). The second kappa shape index (κ2) is 8.19. The van der Waals surface area contributed by atoms with Gasteiger partial charge in [-0.25, -0.2) is 13.4 Å². The first-order valence-electron chi connectivity index (χ1n) is 8.87. The third-order valence-corrected chi connectivity index (χ3v) is 6.57. The molecule has 0 bridgehead atoms. The lowest BCUT2D eigenvalue weighted by molar-refractivity contribution is 0.410. The van der Waals surface area contributed by atoms with Crippen LogP contribution in [0.3, 0.4) is 0 Å². The van der Waals surface area contributed by atoms with Crippen molar-refractivity contribution in [3.05, 3.63) is 29.8 Å². The van der Waals surface area contributed by atoms with Gasteiger partial charge in [-0.05, 0) is 50.8 Å². The molecule has 1 aromatic carbocycles. The quantitative estimate of drug-likeness (QED) is 0.573. The van der Waals surface area contributed by atoms with Crippen molar-refractivity contribution in [2.24, 2.45) is 10.9 Å². The first-order chi connectivity index (χ1) is 11.8. The molecule has 2 N–H and O–H groups in total. The largest absolute Gasteiger partial charge is 0.357 e. The van der Waals surface area contributed by atoms with Crippen molar-refractivity contribution in [3.8, 4) is 0 Å². The monoisotopic (exact) mass is 366 g/mol. The molecule has 2 atom stereocenters. The molecule has 0 amide bonds. The summed E-state index contributed by atoms with van der Waals surface area (Å²) in [5.41, 5.74) is 0.979. The molecule has 1 aromatic rings. The summed E-state index contributed by atoms with van der Waals surface area (Å²) in [7, 11) is -1.83. The molecule has 0 spiro atoms. The van der Waals surface area contributed by atoms with Crippen molar-refractivity contribution in [3.63, 3.8) is 0 Å². The van der Waals surface area contributed by atoms with Crippen LogP contribution >= 0.6 is 0 Å². The maximum atomic E-state index is 12.5. The van der Waals surface area contributed by atoms with E-state index in [1.54, 1.807) is 19.2 Å². The number of nitrogens with zero attached hydrogens (tertiary/aromatic N) is 2. The Balaban J connectivity index is 2.05. The molecule has 6 nitrogen and oxygen atoms in total. The van der Waals surface area contributed by atoms with E-state index in [2.05, 4.69) is 22.5 Å². The summed E-state index contributed by atoms with van der Waals surface area (Å²) in [6, 6.07) is 7.40. The second-order valence-corrected chi connectivity index (χ2v) is 8.92. The van der Waals surface area contributed by atoms with E-state index in [1.807, 2.05) is 32.9 Å². The van der Waals surface area contributed by atoms with E-state index in [0.29, 0.717) is 23.4 Å². The molecular weight excluding hydrogens is 336 g/mol. The zero-order valence-electron chi connectivity index (χ0n) is 15.8. The first-order valence-corrected chi connectivity index (χ1v) is 10.3. The number of benzene rings is 1. The average molecular weight is 367 g/mol. The Hall–Kier alpha value is -1.60. The molecule has 2 unspecified atom stereocenters. The number of rotatable bonds is 7. The van der Waals surface area contributed by atoms with Gasteiger partial charge in [0.2, 0.25) is 10.0 Å². The summed E-state index contributed by atoms with van der Waals surface area (Å²) >= 11 is 0. The van der Waals surface area contributed by atoms with Crippen LogP contribution < -0.4 is 10.6 Å². The molecule has 0 saturated heterocycles. The van der Waals surface area contributed by atoms with Gasteiger partial charge in [0.25, 0.3) is 0 Å². The highest BCUT2D eigenvalue weighted by Gasteiger charge is 2.33. The Morgan fingerprint density at radius 2 is 1.92 bits per heavy atom. The van der Waals surface area contributed by atoms with Gasteiger partial charge in [0.05, 0.1) is 11.4 Å². The predicted octanol–water partition coefficient (Wildman–Crippen LogP) is 2.18. The lowest BCUT2D eigenvalue weighted by Gasteiger charge is -2.21. The summed E-state index contributed by atoms with van der Waals surface area (Å²) in [5.74, 6) is 1.51. The van der Waals surface area contributed by atoms with Crippen LogP contribution in [0.5, 0.6) is 0 Å². The van der Waals surface area contributed by atoms with Gasteiger partial charge in [-0.2, -0.15) is 4.31 Å². The molecular formula is C18H30N4O2S. The molecule has 0 aliphatic heterocycles. The summed E-state index contributed by atoms with van der Waals surface area (Å²) in [6.07, 6.45) is 1.18. The standard InChI is InChI=1S/C18H30N4O2S/c1-6-19-18(21-17-11-14(17)4)20-12-15-7-9-16(10-8-15)25(23,24)22(5)13(2)3/h7-10,13-14,17H,6,11-12H2,1-5H3,(H2,19,20,21). The maximum Gasteiger partial charge on any atom is 0.243 e. The lowest BCUT2D eigenvalue weighted by Crippen LogP contribution is -2.39. The van der Waals surface area contributed by atoms with Crippen molar-refractivity contribution < 1.29 is 8.42 Å². The highest BCUT2D eigenvalue weighted by molar-refractivity contribution is 7.89. The van der Waals surface area contributed by atoms with Gasteiger partial charge in [0, 0.05) is 25.7 Å². The number of guanidine groups is 1. The van der Waals surface area contributed by atoms with E-state index in [0.717, 1.165) is 18.1 Å². The molecule has 0 radical (unpaired) electrons. The summed E-state index contributed by atoms with van der Waals surface area (Å²) in [4.78, 5) is 4.90. The molecule has 1 saturated carbocycles. The Kier molecular flexibility index (Phi) is 6.46. The van der Waals surface area contributed by atoms with E-state index >= 15 is 0 Å². The SMILES string of the molecule is CCNC(=NCc1ccc(S(=O)(=O)N(C)C(C)C)cc1)NC1CC1C. The van der Waals surface area contributed by atoms with E-state index in [4.69, 9.17) is 0 Å². The van der Waals surface area contributed by atoms with Gasteiger partial charge in [0.1, 0.15) is 0 Å².